The summed E-state index contributed by atoms with van der Waals surface area (Å²) in [6.45, 7) is 2.08. The van der Waals surface area contributed by atoms with Crippen LogP contribution in [0, 0.1) is 0 Å². The second-order valence-corrected chi connectivity index (χ2v) is 5.53. The highest BCUT2D eigenvalue weighted by Gasteiger charge is 2.09. The molecule has 0 radical (unpaired) electrons. The molecule has 0 saturated carbocycles. The lowest BCUT2D eigenvalue weighted by Gasteiger charge is -2.05. The number of oxime groups is 1. The molecule has 0 aliphatic rings. The van der Waals surface area contributed by atoms with Crippen LogP contribution in [0.3, 0.4) is 0 Å². The van der Waals surface area contributed by atoms with Crippen molar-refractivity contribution in [3.63, 3.8) is 0 Å². The number of carbonyl (C=O) groups is 1. The summed E-state index contributed by atoms with van der Waals surface area (Å²) in [5, 5.41) is 11.2. The van der Waals surface area contributed by atoms with Crippen molar-refractivity contribution in [3.05, 3.63) is 53.2 Å². The summed E-state index contributed by atoms with van der Waals surface area (Å²) >= 11 is 5.88. The molecule has 0 saturated heterocycles. The predicted molar refractivity (Wildman–Crippen MR) is 96.3 cm³/mol. The molecule has 8 heteroatoms. The van der Waals surface area contributed by atoms with E-state index in [1.807, 2.05) is 19.1 Å². The highest BCUT2D eigenvalue weighted by atomic mass is 35.5. The van der Waals surface area contributed by atoms with Gasteiger partial charge in [0.1, 0.15) is 13.7 Å². The molecule has 132 valence electrons. The number of ether oxygens (including phenoxy) is 1. The number of benzene rings is 1. The molecular formula is C17H19ClN4O3. The van der Waals surface area contributed by atoms with Crippen molar-refractivity contribution in [2.75, 3.05) is 20.8 Å². The molecule has 1 heterocycles. The molecule has 0 spiro atoms. The molecule has 1 aromatic heterocycles. The topological polar surface area (TPSA) is 77.7 Å². The Balaban J connectivity index is 2.01. The van der Waals surface area contributed by atoms with Crippen molar-refractivity contribution < 1.29 is 14.4 Å². The molecule has 0 fully saturated rings. The van der Waals surface area contributed by atoms with Gasteiger partial charge in [0.15, 0.2) is 5.71 Å². The number of halogens is 1. The summed E-state index contributed by atoms with van der Waals surface area (Å²) in [5.74, 6) is 0.126. The molecule has 2 aromatic rings. The summed E-state index contributed by atoms with van der Waals surface area (Å²) < 4.78 is 7.32. The van der Waals surface area contributed by atoms with Crippen LogP contribution in [0.1, 0.15) is 6.92 Å². The summed E-state index contributed by atoms with van der Waals surface area (Å²) in [5.41, 5.74) is 1.83. The Labute approximate surface area is 150 Å². The Morgan fingerprint density at radius 1 is 1.36 bits per heavy atom. The van der Waals surface area contributed by atoms with Crippen LogP contribution in [0.4, 0.5) is 0 Å². The van der Waals surface area contributed by atoms with E-state index in [-0.39, 0.29) is 18.2 Å². The third-order valence-corrected chi connectivity index (χ3v) is 3.39. The highest BCUT2D eigenvalue weighted by molar-refractivity contribution is 6.43. The maximum atomic E-state index is 11.7. The van der Waals surface area contributed by atoms with Gasteiger partial charge in [-0.3, -0.25) is 4.79 Å². The Morgan fingerprint density at radius 2 is 2.08 bits per heavy atom. The lowest BCUT2D eigenvalue weighted by molar-refractivity contribution is -0.114. The molecule has 0 aliphatic carbocycles. The maximum absolute atomic E-state index is 11.7. The Kier molecular flexibility index (Phi) is 6.59. The van der Waals surface area contributed by atoms with Crippen molar-refractivity contribution in [3.8, 4) is 11.6 Å². The van der Waals surface area contributed by atoms with E-state index in [4.69, 9.17) is 16.3 Å². The quantitative estimate of drug-likeness (QED) is 0.606. The second kappa shape index (κ2) is 8.89. The van der Waals surface area contributed by atoms with Crippen LogP contribution in [0.2, 0.25) is 5.02 Å². The van der Waals surface area contributed by atoms with Gasteiger partial charge in [0.05, 0.1) is 5.69 Å². The average molecular weight is 363 g/mol. The molecule has 1 aromatic carbocycles. The van der Waals surface area contributed by atoms with Gasteiger partial charge in [-0.2, -0.15) is 0 Å². The van der Waals surface area contributed by atoms with Gasteiger partial charge in [0.25, 0.3) is 5.91 Å². The van der Waals surface area contributed by atoms with Crippen LogP contribution in [0.15, 0.2) is 53.3 Å². The fraction of sp³-hybridized carbons (Fsp3) is 0.235. The van der Waals surface area contributed by atoms with E-state index in [2.05, 4.69) is 20.4 Å². The molecule has 0 atom stereocenters. The molecule has 1 amide bonds. The van der Waals surface area contributed by atoms with E-state index in [0.717, 1.165) is 11.3 Å². The number of carbonyl (C=O) groups excluding carboxylic acids is 1. The molecule has 25 heavy (non-hydrogen) atoms. The summed E-state index contributed by atoms with van der Waals surface area (Å²) in [6, 6.07) is 9.07. The lowest BCUT2D eigenvalue weighted by Crippen LogP contribution is -2.26. The first-order valence-electron chi connectivity index (χ1n) is 7.48. The third kappa shape index (κ3) is 5.36. The first kappa shape index (κ1) is 18.5. The zero-order valence-corrected chi connectivity index (χ0v) is 14.9. The fourth-order valence-corrected chi connectivity index (χ4v) is 2.07. The smallest absolute Gasteiger partial charge is 0.273 e. The number of hydrogen-bond acceptors (Lipinski definition) is 5. The molecule has 0 aliphatic heterocycles. The summed E-state index contributed by atoms with van der Waals surface area (Å²) in [7, 11) is 2.91. The second-order valence-electron chi connectivity index (χ2n) is 5.09. The number of amides is 1. The predicted octanol–water partition coefficient (Wildman–Crippen LogP) is 2.60. The number of nitrogens with one attached hydrogen (secondary N) is 1. The van der Waals surface area contributed by atoms with Gasteiger partial charge in [-0.1, -0.05) is 16.8 Å². The van der Waals surface area contributed by atoms with Crippen molar-refractivity contribution in [2.45, 2.75) is 6.92 Å². The zero-order chi connectivity index (χ0) is 18.2. The van der Waals surface area contributed by atoms with E-state index in [1.54, 1.807) is 35.2 Å². The minimum absolute atomic E-state index is 0.165. The summed E-state index contributed by atoms with van der Waals surface area (Å²) in [4.78, 5) is 16.3. The third-order valence-electron chi connectivity index (χ3n) is 3.14. The van der Waals surface area contributed by atoms with Gasteiger partial charge < -0.3 is 14.9 Å². The maximum Gasteiger partial charge on any atom is 0.273 e. The molecule has 1 N–H and O–H groups in total. The average Bonchev–Trinajstić information content (AvgIpc) is 3.08. The monoisotopic (exact) mass is 362 g/mol. The minimum atomic E-state index is -0.340. The van der Waals surface area contributed by atoms with E-state index in [1.165, 1.54) is 14.2 Å². The first-order valence-corrected chi connectivity index (χ1v) is 7.86. The standard InChI is InChI=1S/C17H19ClN4O3/c1-12(10-15(21-24-3)17(23)19-2)11-25-16-8-9-22(20-16)14-6-4-13(18)5-7-14/h4-10H,11H2,1-3H3,(H,19,23)/b12-10-,21-15+. The van der Waals surface area contributed by atoms with Crippen molar-refractivity contribution >= 4 is 23.2 Å². The number of nitrogens with zero attached hydrogens (tertiary/aromatic N) is 3. The van der Waals surface area contributed by atoms with E-state index in [0.29, 0.717) is 10.9 Å². The van der Waals surface area contributed by atoms with Crippen molar-refractivity contribution in [2.24, 2.45) is 5.16 Å². The van der Waals surface area contributed by atoms with Gasteiger partial charge in [-0.15, -0.1) is 5.10 Å². The van der Waals surface area contributed by atoms with Gasteiger partial charge in [-0.05, 0) is 42.8 Å². The molecule has 7 nitrogen and oxygen atoms in total. The number of aromatic nitrogens is 2. The molecule has 0 bridgehead atoms. The van der Waals surface area contributed by atoms with Gasteiger partial charge in [-0.25, -0.2) is 4.68 Å². The van der Waals surface area contributed by atoms with Gasteiger partial charge >= 0.3 is 0 Å². The SMILES string of the molecule is CNC(=O)C(/C=C(/C)COc1ccn(-c2ccc(Cl)cc2)n1)=N/OC. The van der Waals surface area contributed by atoms with Gasteiger partial charge in [0, 0.05) is 24.3 Å². The lowest BCUT2D eigenvalue weighted by atomic mass is 10.2. The van der Waals surface area contributed by atoms with Crippen molar-refractivity contribution in [1.82, 2.24) is 15.1 Å². The number of rotatable bonds is 7. The van der Waals surface area contributed by atoms with Crippen LogP contribution in [0.25, 0.3) is 5.69 Å². The fourth-order valence-electron chi connectivity index (χ4n) is 1.94. The molecule has 0 unspecified atom stereocenters. The Morgan fingerprint density at radius 3 is 2.72 bits per heavy atom. The largest absolute Gasteiger partial charge is 0.472 e. The van der Waals surface area contributed by atoms with Crippen LogP contribution >= 0.6 is 11.6 Å². The first-order chi connectivity index (χ1) is 12.0. The summed E-state index contributed by atoms with van der Waals surface area (Å²) in [6.07, 6.45) is 3.39. The zero-order valence-electron chi connectivity index (χ0n) is 14.2. The molecular weight excluding hydrogens is 344 g/mol. The van der Waals surface area contributed by atoms with Crippen LogP contribution in [-0.2, 0) is 9.63 Å². The van der Waals surface area contributed by atoms with E-state index in [9.17, 15) is 4.79 Å². The van der Waals surface area contributed by atoms with Crippen LogP contribution in [-0.4, -0.2) is 42.2 Å². The van der Waals surface area contributed by atoms with Crippen LogP contribution < -0.4 is 10.1 Å². The highest BCUT2D eigenvalue weighted by Crippen LogP contribution is 2.15. The van der Waals surface area contributed by atoms with E-state index >= 15 is 0 Å². The molecule has 2 rings (SSSR count). The van der Waals surface area contributed by atoms with Gasteiger partial charge in [0.2, 0.25) is 5.88 Å². The number of hydrogen-bond donors (Lipinski definition) is 1. The Bertz CT molecular complexity index is 781. The van der Waals surface area contributed by atoms with Crippen molar-refractivity contribution in [1.29, 1.82) is 0 Å². The van der Waals surface area contributed by atoms with E-state index < -0.39 is 0 Å². The Hall–Kier alpha value is -2.80. The minimum Gasteiger partial charge on any atom is -0.472 e. The van der Waals surface area contributed by atoms with Crippen LogP contribution in [0.5, 0.6) is 5.88 Å². The normalized spacial score (nSPS) is 12.0.